The molecule has 104 valence electrons. The monoisotopic (exact) mass is 285 g/mol. The minimum atomic E-state index is 0. The minimum absolute atomic E-state index is 0. The number of hydrogen-bond donors (Lipinski definition) is 2. The van der Waals surface area contributed by atoms with Crippen LogP contribution in [0, 0.1) is 0 Å². The van der Waals surface area contributed by atoms with Gasteiger partial charge in [0.1, 0.15) is 0 Å². The summed E-state index contributed by atoms with van der Waals surface area (Å²) in [5, 5.41) is 6.33. The van der Waals surface area contributed by atoms with Crippen molar-refractivity contribution in [1.29, 1.82) is 0 Å². The van der Waals surface area contributed by atoms with Crippen LogP contribution >= 0.6 is 24.8 Å². The number of amides is 1. The zero-order valence-electron chi connectivity index (χ0n) is 10.9. The van der Waals surface area contributed by atoms with E-state index in [1.54, 1.807) is 0 Å². The fraction of sp³-hybridized carbons (Fsp3) is 0.909. The molecule has 1 heterocycles. The van der Waals surface area contributed by atoms with Crippen molar-refractivity contribution < 1.29 is 4.79 Å². The van der Waals surface area contributed by atoms with Crippen LogP contribution < -0.4 is 10.6 Å². The average molecular weight is 286 g/mol. The molecule has 2 N–H and O–H groups in total. The Bertz CT molecular complexity index is 209. The summed E-state index contributed by atoms with van der Waals surface area (Å²) in [6.07, 6.45) is 2.41. The van der Waals surface area contributed by atoms with Crippen molar-refractivity contribution in [1.82, 2.24) is 15.5 Å². The molecule has 1 rings (SSSR count). The quantitative estimate of drug-likeness (QED) is 0.793. The van der Waals surface area contributed by atoms with Gasteiger partial charge in [0, 0.05) is 18.6 Å². The van der Waals surface area contributed by atoms with Crippen LogP contribution in [-0.2, 0) is 4.79 Å². The van der Waals surface area contributed by atoms with Crippen LogP contribution in [0.3, 0.4) is 0 Å². The maximum atomic E-state index is 11.5. The normalized spacial score (nSPS) is 18.8. The third-order valence-electron chi connectivity index (χ3n) is 2.98. The lowest BCUT2D eigenvalue weighted by Gasteiger charge is -2.20. The van der Waals surface area contributed by atoms with Crippen LogP contribution in [0.1, 0.15) is 26.7 Å². The summed E-state index contributed by atoms with van der Waals surface area (Å²) in [4.78, 5) is 13.6. The lowest BCUT2D eigenvalue weighted by molar-refractivity contribution is -0.122. The molecule has 0 aliphatic carbocycles. The van der Waals surface area contributed by atoms with Gasteiger partial charge in [0.05, 0.1) is 6.54 Å². The SMILES string of the molecule is CC(C)N(C)CC(=O)NCC1CCCN1.Cl.Cl. The van der Waals surface area contributed by atoms with E-state index in [4.69, 9.17) is 0 Å². The first-order valence-electron chi connectivity index (χ1n) is 5.80. The van der Waals surface area contributed by atoms with Crippen molar-refractivity contribution in [3.8, 4) is 0 Å². The summed E-state index contributed by atoms with van der Waals surface area (Å²) in [7, 11) is 1.97. The second kappa shape index (κ2) is 9.95. The average Bonchev–Trinajstić information content (AvgIpc) is 2.66. The second-order valence-corrected chi connectivity index (χ2v) is 4.61. The summed E-state index contributed by atoms with van der Waals surface area (Å²) in [6, 6.07) is 0.902. The number of rotatable bonds is 5. The molecular formula is C11H25Cl2N3O. The summed E-state index contributed by atoms with van der Waals surface area (Å²) in [5.41, 5.74) is 0. The lowest BCUT2D eigenvalue weighted by atomic mass is 10.2. The van der Waals surface area contributed by atoms with Gasteiger partial charge < -0.3 is 10.6 Å². The fourth-order valence-corrected chi connectivity index (χ4v) is 1.63. The van der Waals surface area contributed by atoms with Crippen LogP contribution in [0.5, 0.6) is 0 Å². The highest BCUT2D eigenvalue weighted by atomic mass is 35.5. The van der Waals surface area contributed by atoms with E-state index in [0.717, 1.165) is 13.1 Å². The first kappa shape index (κ1) is 19.3. The molecule has 1 atom stereocenters. The van der Waals surface area contributed by atoms with E-state index in [2.05, 4.69) is 24.5 Å². The lowest BCUT2D eigenvalue weighted by Crippen LogP contribution is -2.42. The van der Waals surface area contributed by atoms with Gasteiger partial charge in [0.25, 0.3) is 0 Å². The summed E-state index contributed by atoms with van der Waals surface area (Å²) in [6.45, 7) is 6.53. The first-order valence-corrected chi connectivity index (χ1v) is 5.80. The Kier molecular flexibility index (Phi) is 11.3. The Morgan fingerprint density at radius 2 is 2.12 bits per heavy atom. The molecule has 0 saturated carbocycles. The molecule has 0 aromatic rings. The van der Waals surface area contributed by atoms with E-state index >= 15 is 0 Å². The smallest absolute Gasteiger partial charge is 0.234 e. The van der Waals surface area contributed by atoms with Crippen molar-refractivity contribution >= 4 is 30.7 Å². The molecule has 1 saturated heterocycles. The van der Waals surface area contributed by atoms with Gasteiger partial charge in [-0.25, -0.2) is 0 Å². The molecule has 1 unspecified atom stereocenters. The van der Waals surface area contributed by atoms with E-state index < -0.39 is 0 Å². The molecule has 0 spiro atoms. The van der Waals surface area contributed by atoms with Gasteiger partial charge in [0.2, 0.25) is 5.91 Å². The Labute approximate surface area is 117 Å². The van der Waals surface area contributed by atoms with Crippen LogP contribution in [0.4, 0.5) is 0 Å². The number of carbonyl (C=O) groups is 1. The number of hydrogen-bond acceptors (Lipinski definition) is 3. The molecule has 1 aliphatic heterocycles. The number of nitrogens with one attached hydrogen (secondary N) is 2. The summed E-state index contributed by atoms with van der Waals surface area (Å²) >= 11 is 0. The zero-order chi connectivity index (χ0) is 11.3. The van der Waals surface area contributed by atoms with Gasteiger partial charge in [-0.1, -0.05) is 0 Å². The molecule has 1 fully saturated rings. The molecular weight excluding hydrogens is 261 g/mol. The Morgan fingerprint density at radius 1 is 1.47 bits per heavy atom. The third kappa shape index (κ3) is 7.82. The standard InChI is InChI=1S/C11H23N3O.2ClH/c1-9(2)14(3)8-11(15)13-7-10-5-4-6-12-10;;/h9-10,12H,4-8H2,1-3H3,(H,13,15);2*1H. The maximum absolute atomic E-state index is 11.5. The van der Waals surface area contributed by atoms with Gasteiger partial charge in [-0.3, -0.25) is 9.69 Å². The molecule has 0 aromatic carbocycles. The summed E-state index contributed by atoms with van der Waals surface area (Å²) < 4.78 is 0. The Morgan fingerprint density at radius 3 is 2.59 bits per heavy atom. The predicted molar refractivity (Wildman–Crippen MR) is 76.3 cm³/mol. The van der Waals surface area contributed by atoms with Gasteiger partial charge >= 0.3 is 0 Å². The second-order valence-electron chi connectivity index (χ2n) is 4.61. The molecule has 0 aromatic heterocycles. The van der Waals surface area contributed by atoms with Gasteiger partial charge in [-0.2, -0.15) is 0 Å². The van der Waals surface area contributed by atoms with E-state index in [9.17, 15) is 4.79 Å². The highest BCUT2D eigenvalue weighted by Crippen LogP contribution is 2.03. The van der Waals surface area contributed by atoms with Crippen molar-refractivity contribution in [2.75, 3.05) is 26.7 Å². The first-order chi connectivity index (χ1) is 7.09. The number of carbonyl (C=O) groups excluding carboxylic acids is 1. The van der Waals surface area contributed by atoms with Crippen LogP contribution in [-0.4, -0.2) is 49.6 Å². The molecule has 1 amide bonds. The highest BCUT2D eigenvalue weighted by molar-refractivity contribution is 5.85. The minimum Gasteiger partial charge on any atom is -0.353 e. The number of likely N-dealkylation sites (N-methyl/N-ethyl adjacent to an activating group) is 1. The van der Waals surface area contributed by atoms with Crippen LogP contribution in [0.15, 0.2) is 0 Å². The Hall–Kier alpha value is -0.0300. The molecule has 0 radical (unpaired) electrons. The van der Waals surface area contributed by atoms with Crippen molar-refractivity contribution in [2.24, 2.45) is 0 Å². The molecule has 17 heavy (non-hydrogen) atoms. The van der Waals surface area contributed by atoms with E-state index in [-0.39, 0.29) is 30.7 Å². The third-order valence-corrected chi connectivity index (χ3v) is 2.98. The van der Waals surface area contributed by atoms with E-state index in [1.807, 2.05) is 11.9 Å². The molecule has 4 nitrogen and oxygen atoms in total. The number of halogens is 2. The fourth-order valence-electron chi connectivity index (χ4n) is 1.63. The maximum Gasteiger partial charge on any atom is 0.234 e. The van der Waals surface area contributed by atoms with Gasteiger partial charge in [-0.15, -0.1) is 24.8 Å². The van der Waals surface area contributed by atoms with Crippen molar-refractivity contribution in [3.63, 3.8) is 0 Å². The zero-order valence-corrected chi connectivity index (χ0v) is 12.5. The predicted octanol–water partition coefficient (Wildman–Crippen LogP) is 1.04. The van der Waals surface area contributed by atoms with Gasteiger partial charge in [0.15, 0.2) is 0 Å². The van der Waals surface area contributed by atoms with Crippen molar-refractivity contribution in [3.05, 3.63) is 0 Å². The molecule has 6 heteroatoms. The largest absolute Gasteiger partial charge is 0.353 e. The van der Waals surface area contributed by atoms with Crippen LogP contribution in [0.25, 0.3) is 0 Å². The van der Waals surface area contributed by atoms with Crippen molar-refractivity contribution in [2.45, 2.75) is 38.8 Å². The highest BCUT2D eigenvalue weighted by Gasteiger charge is 2.15. The molecule has 1 aliphatic rings. The molecule has 0 bridgehead atoms. The van der Waals surface area contributed by atoms with E-state index in [0.29, 0.717) is 18.6 Å². The number of nitrogens with zero attached hydrogens (tertiary/aromatic N) is 1. The van der Waals surface area contributed by atoms with E-state index in [1.165, 1.54) is 12.8 Å². The van der Waals surface area contributed by atoms with Gasteiger partial charge in [-0.05, 0) is 40.3 Å². The van der Waals surface area contributed by atoms with Crippen LogP contribution in [0.2, 0.25) is 0 Å². The topological polar surface area (TPSA) is 44.4 Å². The summed E-state index contributed by atoms with van der Waals surface area (Å²) in [5.74, 6) is 0.125. The Balaban J connectivity index is 0.